The van der Waals surface area contributed by atoms with Crippen molar-refractivity contribution >= 4 is 11.8 Å². The molecule has 3 N–H and O–H groups in total. The number of nitrogens with zero attached hydrogens (tertiary/aromatic N) is 3. The van der Waals surface area contributed by atoms with E-state index in [4.69, 9.17) is 5.73 Å². The molecule has 1 aromatic heterocycles. The normalized spacial score (nSPS) is 18.4. The average Bonchev–Trinajstić information content (AvgIpc) is 2.83. The molecule has 1 atom stereocenters. The summed E-state index contributed by atoms with van der Waals surface area (Å²) in [5.41, 5.74) is 8.77. The van der Waals surface area contributed by atoms with E-state index < -0.39 is 11.9 Å². The fourth-order valence-corrected chi connectivity index (χ4v) is 3.27. The first-order valence-corrected chi connectivity index (χ1v) is 7.90. The van der Waals surface area contributed by atoms with Crippen molar-refractivity contribution in [1.82, 2.24) is 20.0 Å². The van der Waals surface area contributed by atoms with Gasteiger partial charge in [-0.2, -0.15) is 5.10 Å². The Hall–Kier alpha value is -2.67. The zero-order chi connectivity index (χ0) is 17.3. The van der Waals surface area contributed by atoms with Gasteiger partial charge in [-0.25, -0.2) is 4.68 Å². The summed E-state index contributed by atoms with van der Waals surface area (Å²) in [4.78, 5) is 25.7. The van der Waals surface area contributed by atoms with Crippen molar-refractivity contribution in [2.24, 2.45) is 5.73 Å². The highest BCUT2D eigenvalue weighted by atomic mass is 16.2. The Kier molecular flexibility index (Phi) is 4.35. The fraction of sp³-hybridized carbons (Fsp3) is 0.353. The average molecular weight is 327 g/mol. The van der Waals surface area contributed by atoms with Gasteiger partial charge in [0.15, 0.2) is 0 Å². The number of piperazine rings is 1. The third-order valence-electron chi connectivity index (χ3n) is 4.29. The number of aromatic nitrogens is 2. The van der Waals surface area contributed by atoms with E-state index in [1.807, 2.05) is 53.8 Å². The fourth-order valence-electron chi connectivity index (χ4n) is 3.27. The van der Waals surface area contributed by atoms with E-state index >= 15 is 0 Å². The van der Waals surface area contributed by atoms with Gasteiger partial charge in [0.25, 0.3) is 0 Å². The van der Waals surface area contributed by atoms with Crippen molar-refractivity contribution in [3.05, 3.63) is 47.3 Å². The molecular formula is C17H21N5O2. The molecule has 1 fully saturated rings. The standard InChI is InChI=1S/C17H21N5O2/c1-11-15(12(2)22(20-11)13-6-4-3-5-7-13)16-17(24)19-8-9-21(16)10-14(18)23/h3-7,16H,8-10H2,1-2H3,(H2,18,23)(H,19,24). The molecule has 7 heteroatoms. The first kappa shape index (κ1) is 16.2. The second kappa shape index (κ2) is 6.45. The minimum Gasteiger partial charge on any atom is -0.369 e. The number of nitrogens with one attached hydrogen (secondary N) is 1. The van der Waals surface area contributed by atoms with Crippen molar-refractivity contribution in [2.45, 2.75) is 19.9 Å². The Balaban J connectivity index is 2.05. The van der Waals surface area contributed by atoms with Crippen LogP contribution in [0.5, 0.6) is 0 Å². The maximum absolute atomic E-state index is 12.5. The molecule has 1 aliphatic heterocycles. The molecule has 24 heavy (non-hydrogen) atoms. The molecule has 1 saturated heterocycles. The first-order chi connectivity index (χ1) is 11.5. The van der Waals surface area contributed by atoms with Gasteiger partial charge < -0.3 is 11.1 Å². The number of benzene rings is 1. The number of carbonyl (C=O) groups is 2. The summed E-state index contributed by atoms with van der Waals surface area (Å²) < 4.78 is 1.83. The van der Waals surface area contributed by atoms with E-state index in [0.717, 1.165) is 22.6 Å². The van der Waals surface area contributed by atoms with Crippen LogP contribution in [0.2, 0.25) is 0 Å². The molecule has 2 aromatic rings. The minimum absolute atomic E-state index is 0.0491. The number of nitrogens with two attached hydrogens (primary N) is 1. The second-order valence-corrected chi connectivity index (χ2v) is 5.96. The molecule has 1 aliphatic rings. The van der Waals surface area contributed by atoms with Gasteiger partial charge >= 0.3 is 0 Å². The third kappa shape index (κ3) is 2.90. The van der Waals surface area contributed by atoms with Crippen molar-refractivity contribution in [3.63, 3.8) is 0 Å². The van der Waals surface area contributed by atoms with Crippen LogP contribution in [0.25, 0.3) is 5.69 Å². The highest BCUT2D eigenvalue weighted by Crippen LogP contribution is 2.29. The van der Waals surface area contributed by atoms with Crippen molar-refractivity contribution < 1.29 is 9.59 Å². The highest BCUT2D eigenvalue weighted by Gasteiger charge is 2.35. The van der Waals surface area contributed by atoms with Crippen LogP contribution in [0.3, 0.4) is 0 Å². The molecule has 2 amide bonds. The van der Waals surface area contributed by atoms with Gasteiger partial charge in [0, 0.05) is 24.3 Å². The predicted octanol–water partition coefficient (Wildman–Crippen LogP) is 0.447. The number of hydrogen-bond acceptors (Lipinski definition) is 4. The van der Waals surface area contributed by atoms with Crippen LogP contribution in [0.1, 0.15) is 23.0 Å². The van der Waals surface area contributed by atoms with Gasteiger partial charge in [-0.15, -0.1) is 0 Å². The molecule has 7 nitrogen and oxygen atoms in total. The SMILES string of the molecule is Cc1nn(-c2ccccc2)c(C)c1C1C(=O)NCCN1CC(N)=O. The Morgan fingerprint density at radius 1 is 1.33 bits per heavy atom. The third-order valence-corrected chi connectivity index (χ3v) is 4.29. The lowest BCUT2D eigenvalue weighted by Gasteiger charge is -2.34. The van der Waals surface area contributed by atoms with E-state index in [1.54, 1.807) is 0 Å². The van der Waals surface area contributed by atoms with Crippen LogP contribution in [0, 0.1) is 13.8 Å². The molecule has 0 bridgehead atoms. The van der Waals surface area contributed by atoms with Crippen LogP contribution in [-0.2, 0) is 9.59 Å². The molecule has 1 unspecified atom stereocenters. The number of hydrogen-bond donors (Lipinski definition) is 2. The highest BCUT2D eigenvalue weighted by molar-refractivity contribution is 5.86. The Labute approximate surface area is 140 Å². The number of primary amides is 1. The van der Waals surface area contributed by atoms with Gasteiger partial charge in [0.2, 0.25) is 11.8 Å². The van der Waals surface area contributed by atoms with Gasteiger partial charge in [-0.3, -0.25) is 14.5 Å². The van der Waals surface area contributed by atoms with Crippen molar-refractivity contribution in [3.8, 4) is 5.69 Å². The molecule has 0 radical (unpaired) electrons. The topological polar surface area (TPSA) is 93.2 Å². The summed E-state index contributed by atoms with van der Waals surface area (Å²) in [6.07, 6.45) is 0. The summed E-state index contributed by atoms with van der Waals surface area (Å²) in [6, 6.07) is 9.20. The zero-order valence-electron chi connectivity index (χ0n) is 13.8. The number of rotatable bonds is 4. The minimum atomic E-state index is -0.552. The van der Waals surface area contributed by atoms with Crippen LogP contribution < -0.4 is 11.1 Å². The van der Waals surface area contributed by atoms with E-state index in [2.05, 4.69) is 10.4 Å². The van der Waals surface area contributed by atoms with Gasteiger partial charge in [0.1, 0.15) is 6.04 Å². The van der Waals surface area contributed by atoms with Gasteiger partial charge in [-0.1, -0.05) is 18.2 Å². The monoisotopic (exact) mass is 327 g/mol. The van der Waals surface area contributed by atoms with Crippen molar-refractivity contribution in [2.75, 3.05) is 19.6 Å². The maximum Gasteiger partial charge on any atom is 0.242 e. The summed E-state index contributed by atoms with van der Waals surface area (Å²) in [7, 11) is 0. The van der Waals surface area contributed by atoms with Crippen LogP contribution in [0.15, 0.2) is 30.3 Å². The molecule has 3 rings (SSSR count). The van der Waals surface area contributed by atoms with Crippen LogP contribution in [0.4, 0.5) is 0 Å². The molecule has 126 valence electrons. The van der Waals surface area contributed by atoms with Crippen LogP contribution in [-0.4, -0.2) is 46.1 Å². The van der Waals surface area contributed by atoms with E-state index in [0.29, 0.717) is 13.1 Å². The van der Waals surface area contributed by atoms with Crippen molar-refractivity contribution in [1.29, 1.82) is 0 Å². The molecule has 2 heterocycles. The van der Waals surface area contributed by atoms with Crippen LogP contribution >= 0.6 is 0 Å². The number of aryl methyl sites for hydroxylation is 1. The molecule has 0 saturated carbocycles. The first-order valence-electron chi connectivity index (χ1n) is 7.90. The summed E-state index contributed by atoms with van der Waals surface area (Å²) in [5.74, 6) is -0.568. The summed E-state index contributed by atoms with van der Waals surface area (Å²) in [5, 5.41) is 7.47. The Morgan fingerprint density at radius 3 is 2.71 bits per heavy atom. The molecule has 1 aromatic carbocycles. The number of para-hydroxylation sites is 1. The van der Waals surface area contributed by atoms with E-state index in [1.165, 1.54) is 0 Å². The lowest BCUT2D eigenvalue weighted by Crippen LogP contribution is -2.52. The van der Waals surface area contributed by atoms with Gasteiger partial charge in [-0.05, 0) is 26.0 Å². The Bertz CT molecular complexity index is 769. The molecule has 0 aliphatic carbocycles. The largest absolute Gasteiger partial charge is 0.369 e. The predicted molar refractivity (Wildman–Crippen MR) is 89.6 cm³/mol. The quantitative estimate of drug-likeness (QED) is 0.852. The smallest absolute Gasteiger partial charge is 0.242 e. The van der Waals surface area contributed by atoms with E-state index in [-0.39, 0.29) is 12.5 Å². The number of carbonyl (C=O) groups excluding carboxylic acids is 2. The summed E-state index contributed by atoms with van der Waals surface area (Å²) >= 11 is 0. The van der Waals surface area contributed by atoms with E-state index in [9.17, 15) is 9.59 Å². The zero-order valence-corrected chi connectivity index (χ0v) is 13.8. The van der Waals surface area contributed by atoms with Gasteiger partial charge in [0.05, 0.1) is 17.9 Å². The molecular weight excluding hydrogens is 306 g/mol. The lowest BCUT2D eigenvalue weighted by atomic mass is 10.00. The summed E-state index contributed by atoms with van der Waals surface area (Å²) in [6.45, 7) is 4.95. The number of amides is 2. The molecule has 0 spiro atoms. The lowest BCUT2D eigenvalue weighted by molar-refractivity contribution is -0.131. The second-order valence-electron chi connectivity index (χ2n) is 5.96. The maximum atomic E-state index is 12.5. The Morgan fingerprint density at radius 2 is 2.04 bits per heavy atom.